The van der Waals surface area contributed by atoms with E-state index in [1.807, 2.05) is 6.92 Å². The normalized spacial score (nSPS) is 12.8. The van der Waals surface area contributed by atoms with Crippen LogP contribution in [0.15, 0.2) is 12.4 Å². The van der Waals surface area contributed by atoms with E-state index in [2.05, 4.69) is 29.1 Å². The molecule has 0 bridgehead atoms. The first-order chi connectivity index (χ1) is 7.63. The second kappa shape index (κ2) is 6.58. The number of H-pyrrole nitrogens is 1. The van der Waals surface area contributed by atoms with Crippen molar-refractivity contribution in [2.75, 3.05) is 5.75 Å². The molecule has 1 unspecified atom stereocenters. The second-order valence-corrected chi connectivity index (χ2v) is 5.43. The number of amides is 1. The van der Waals surface area contributed by atoms with Crippen LogP contribution in [0.3, 0.4) is 0 Å². The Hall–Kier alpha value is -0.970. The number of carbonyl (C=O) groups excluding carboxylic acids is 1. The molecule has 5 heteroatoms. The number of carbonyl (C=O) groups is 1. The second-order valence-electron chi connectivity index (χ2n) is 3.86. The van der Waals surface area contributed by atoms with Crippen molar-refractivity contribution in [2.24, 2.45) is 0 Å². The molecule has 1 amide bonds. The minimum Gasteiger partial charge on any atom is -0.347 e. The lowest BCUT2D eigenvalue weighted by atomic mass is 10.2. The zero-order valence-corrected chi connectivity index (χ0v) is 10.8. The van der Waals surface area contributed by atoms with Gasteiger partial charge in [0.25, 0.3) is 0 Å². The molecule has 0 radical (unpaired) electrons. The van der Waals surface area contributed by atoms with Gasteiger partial charge < -0.3 is 10.3 Å². The molecule has 1 atom stereocenters. The Morgan fingerprint density at radius 2 is 2.38 bits per heavy atom. The lowest BCUT2D eigenvalue weighted by molar-refractivity contribution is -0.119. The first-order valence-electron chi connectivity index (χ1n) is 5.53. The van der Waals surface area contributed by atoms with Crippen molar-refractivity contribution >= 4 is 17.7 Å². The Labute approximate surface area is 101 Å². The van der Waals surface area contributed by atoms with Crippen LogP contribution in [0.25, 0.3) is 0 Å². The first-order valence-corrected chi connectivity index (χ1v) is 6.58. The summed E-state index contributed by atoms with van der Waals surface area (Å²) in [5.74, 6) is 1.40. The molecule has 0 aliphatic rings. The lowest BCUT2D eigenvalue weighted by Crippen LogP contribution is -2.30. The largest absolute Gasteiger partial charge is 0.347 e. The van der Waals surface area contributed by atoms with Gasteiger partial charge in [0.2, 0.25) is 5.91 Å². The molecule has 2 N–H and O–H groups in total. The average molecular weight is 241 g/mol. The summed E-state index contributed by atoms with van der Waals surface area (Å²) in [6.45, 7) is 6.20. The average Bonchev–Trinajstić information content (AvgIpc) is 2.76. The van der Waals surface area contributed by atoms with Gasteiger partial charge in [0, 0.05) is 12.4 Å². The van der Waals surface area contributed by atoms with Crippen molar-refractivity contribution in [1.82, 2.24) is 15.3 Å². The van der Waals surface area contributed by atoms with Crippen molar-refractivity contribution in [3.05, 3.63) is 18.2 Å². The molecule has 0 aromatic carbocycles. The molecule has 0 aliphatic heterocycles. The van der Waals surface area contributed by atoms with Gasteiger partial charge in [0.1, 0.15) is 5.82 Å². The minimum absolute atomic E-state index is 0.00439. The summed E-state index contributed by atoms with van der Waals surface area (Å²) < 4.78 is 0. The molecule has 16 heavy (non-hydrogen) atoms. The highest BCUT2D eigenvalue weighted by Crippen LogP contribution is 2.13. The quantitative estimate of drug-likeness (QED) is 0.802. The monoisotopic (exact) mass is 241 g/mol. The van der Waals surface area contributed by atoms with Gasteiger partial charge in [-0.25, -0.2) is 4.98 Å². The number of aromatic amines is 1. The van der Waals surface area contributed by atoms with E-state index in [0.29, 0.717) is 11.0 Å². The molecular weight excluding hydrogens is 222 g/mol. The van der Waals surface area contributed by atoms with Gasteiger partial charge in [-0.05, 0) is 11.7 Å². The third kappa shape index (κ3) is 4.26. The maximum absolute atomic E-state index is 11.6. The zero-order chi connectivity index (χ0) is 12.0. The highest BCUT2D eigenvalue weighted by atomic mass is 32.2. The van der Waals surface area contributed by atoms with E-state index in [1.165, 1.54) is 0 Å². The Morgan fingerprint density at radius 3 is 2.88 bits per heavy atom. The summed E-state index contributed by atoms with van der Waals surface area (Å²) in [6.07, 6.45) is 4.31. The van der Waals surface area contributed by atoms with Crippen LogP contribution in [-0.2, 0) is 4.79 Å². The SMILES string of the molecule is CCC(NC(=O)CSC(C)C)c1ncc[nH]1. The Bertz CT molecular complexity index is 311. The van der Waals surface area contributed by atoms with Crippen LogP contribution in [0.5, 0.6) is 0 Å². The van der Waals surface area contributed by atoms with Gasteiger partial charge in [-0.2, -0.15) is 0 Å². The van der Waals surface area contributed by atoms with E-state index in [4.69, 9.17) is 0 Å². The van der Waals surface area contributed by atoms with E-state index >= 15 is 0 Å². The molecule has 0 aliphatic carbocycles. The molecule has 0 saturated carbocycles. The number of nitrogens with one attached hydrogen (secondary N) is 2. The Kier molecular flexibility index (Phi) is 5.38. The topological polar surface area (TPSA) is 57.8 Å². The highest BCUT2D eigenvalue weighted by Gasteiger charge is 2.14. The van der Waals surface area contributed by atoms with Crippen LogP contribution in [-0.4, -0.2) is 26.9 Å². The molecule has 1 aromatic heterocycles. The van der Waals surface area contributed by atoms with Gasteiger partial charge in [-0.15, -0.1) is 11.8 Å². The van der Waals surface area contributed by atoms with Crippen molar-refractivity contribution in [3.8, 4) is 0 Å². The van der Waals surface area contributed by atoms with Gasteiger partial charge in [0.15, 0.2) is 0 Å². The molecule has 1 heterocycles. The molecule has 1 rings (SSSR count). The van der Waals surface area contributed by atoms with E-state index < -0.39 is 0 Å². The third-order valence-corrected chi connectivity index (χ3v) is 3.24. The fraction of sp³-hybridized carbons (Fsp3) is 0.636. The Balaban J connectivity index is 2.42. The summed E-state index contributed by atoms with van der Waals surface area (Å²) in [4.78, 5) is 18.8. The molecular formula is C11H19N3OS. The van der Waals surface area contributed by atoms with Crippen LogP contribution >= 0.6 is 11.8 Å². The van der Waals surface area contributed by atoms with E-state index in [1.54, 1.807) is 24.2 Å². The van der Waals surface area contributed by atoms with Gasteiger partial charge in [0.05, 0.1) is 11.8 Å². The van der Waals surface area contributed by atoms with Crippen LogP contribution in [0.4, 0.5) is 0 Å². The molecule has 0 saturated heterocycles. The van der Waals surface area contributed by atoms with Crippen molar-refractivity contribution in [3.63, 3.8) is 0 Å². The molecule has 1 aromatic rings. The number of hydrogen-bond acceptors (Lipinski definition) is 3. The maximum atomic E-state index is 11.6. The van der Waals surface area contributed by atoms with Crippen LogP contribution in [0.2, 0.25) is 0 Å². The van der Waals surface area contributed by atoms with E-state index in [9.17, 15) is 4.79 Å². The van der Waals surface area contributed by atoms with Gasteiger partial charge in [-0.1, -0.05) is 20.8 Å². The minimum atomic E-state index is -0.00439. The number of hydrogen-bond donors (Lipinski definition) is 2. The maximum Gasteiger partial charge on any atom is 0.230 e. The van der Waals surface area contributed by atoms with Crippen LogP contribution in [0, 0.1) is 0 Å². The number of nitrogens with zero attached hydrogens (tertiary/aromatic N) is 1. The summed E-state index contributed by atoms with van der Waals surface area (Å²) in [5.41, 5.74) is 0. The third-order valence-electron chi connectivity index (χ3n) is 2.14. The highest BCUT2D eigenvalue weighted by molar-refractivity contribution is 8.00. The van der Waals surface area contributed by atoms with Crippen molar-refractivity contribution in [2.45, 2.75) is 38.5 Å². The summed E-state index contributed by atoms with van der Waals surface area (Å²) in [6, 6.07) is -0.00439. The van der Waals surface area contributed by atoms with Gasteiger partial charge >= 0.3 is 0 Å². The lowest BCUT2D eigenvalue weighted by Gasteiger charge is -2.14. The van der Waals surface area contributed by atoms with Crippen molar-refractivity contribution in [1.29, 1.82) is 0 Å². The number of thioether (sulfide) groups is 1. The summed E-state index contributed by atoms with van der Waals surface area (Å²) in [5, 5.41) is 3.45. The summed E-state index contributed by atoms with van der Waals surface area (Å²) in [7, 11) is 0. The van der Waals surface area contributed by atoms with Crippen LogP contribution < -0.4 is 5.32 Å². The smallest absolute Gasteiger partial charge is 0.230 e. The molecule has 90 valence electrons. The van der Waals surface area contributed by atoms with Gasteiger partial charge in [-0.3, -0.25) is 4.79 Å². The first kappa shape index (κ1) is 13.1. The number of rotatable bonds is 6. The predicted molar refractivity (Wildman–Crippen MR) is 67.4 cm³/mol. The Morgan fingerprint density at radius 1 is 1.62 bits per heavy atom. The molecule has 4 nitrogen and oxygen atoms in total. The van der Waals surface area contributed by atoms with E-state index in [-0.39, 0.29) is 11.9 Å². The number of aromatic nitrogens is 2. The predicted octanol–water partition coefficient (Wildman–Crippen LogP) is 2.12. The molecule has 0 spiro atoms. The van der Waals surface area contributed by atoms with Crippen molar-refractivity contribution < 1.29 is 4.79 Å². The fourth-order valence-electron chi connectivity index (χ4n) is 1.31. The summed E-state index contributed by atoms with van der Waals surface area (Å²) >= 11 is 1.65. The zero-order valence-electron chi connectivity index (χ0n) is 9.99. The van der Waals surface area contributed by atoms with E-state index in [0.717, 1.165) is 12.2 Å². The standard InChI is InChI=1S/C11H19N3OS/c1-4-9(11-12-5-6-13-11)14-10(15)7-16-8(2)3/h5-6,8-9H,4,7H2,1-3H3,(H,12,13)(H,14,15). The fourth-order valence-corrected chi connectivity index (χ4v) is 1.88. The van der Waals surface area contributed by atoms with Crippen LogP contribution in [0.1, 0.15) is 39.1 Å². The molecule has 0 fully saturated rings. The number of imidazole rings is 1.